The maximum Gasteiger partial charge on any atom is 0.336 e. The van der Waals surface area contributed by atoms with E-state index in [2.05, 4.69) is 10.1 Å². The first kappa shape index (κ1) is 22.9. The zero-order chi connectivity index (χ0) is 23.5. The average molecular weight is 469 g/mol. The highest BCUT2D eigenvalue weighted by molar-refractivity contribution is 6.00. The number of piperidine rings is 1. The smallest absolute Gasteiger partial charge is 0.336 e. The second kappa shape index (κ2) is 10.2. The highest BCUT2D eigenvalue weighted by atomic mass is 16.6. The Bertz CT molecular complexity index is 1080. The van der Waals surface area contributed by atoms with Gasteiger partial charge in [-0.3, -0.25) is 0 Å². The SMILES string of the molecule is Cc1cc2onc(OCCC3CCN(CC4CCCCC4)CC3)c2c2c1OC(=O)/C=C/C(=O)O2. The molecular formula is C26H32N2O6. The lowest BCUT2D eigenvalue weighted by atomic mass is 9.87. The molecule has 2 fully saturated rings. The van der Waals surface area contributed by atoms with Crippen molar-refractivity contribution < 1.29 is 28.3 Å². The molecule has 2 aliphatic heterocycles. The Balaban J connectivity index is 1.20. The van der Waals surface area contributed by atoms with Gasteiger partial charge in [0.1, 0.15) is 5.39 Å². The topological polar surface area (TPSA) is 91.1 Å². The molecule has 0 unspecified atom stereocenters. The van der Waals surface area contributed by atoms with Gasteiger partial charge in [-0.2, -0.15) is 0 Å². The summed E-state index contributed by atoms with van der Waals surface area (Å²) >= 11 is 0. The number of fused-ring (bicyclic) bond motifs is 3. The molecule has 1 saturated carbocycles. The largest absolute Gasteiger partial charge is 0.475 e. The molecule has 5 rings (SSSR count). The fraction of sp³-hybridized carbons (Fsp3) is 0.577. The van der Waals surface area contributed by atoms with E-state index >= 15 is 0 Å². The van der Waals surface area contributed by atoms with Crippen LogP contribution in [0.5, 0.6) is 17.4 Å². The molecule has 8 heteroatoms. The maximum atomic E-state index is 12.1. The summed E-state index contributed by atoms with van der Waals surface area (Å²) in [7, 11) is 0. The summed E-state index contributed by atoms with van der Waals surface area (Å²) in [5, 5.41) is 4.45. The van der Waals surface area contributed by atoms with Crippen molar-refractivity contribution in [2.75, 3.05) is 26.2 Å². The van der Waals surface area contributed by atoms with Crippen LogP contribution in [0.2, 0.25) is 0 Å². The number of carbonyl (C=O) groups excluding carboxylic acids is 2. The number of ether oxygens (including phenoxy) is 3. The van der Waals surface area contributed by atoms with Gasteiger partial charge < -0.3 is 23.6 Å². The van der Waals surface area contributed by atoms with Gasteiger partial charge in [0.2, 0.25) is 0 Å². The number of aryl methyl sites for hydroxylation is 1. The van der Waals surface area contributed by atoms with Crippen molar-refractivity contribution in [1.82, 2.24) is 10.1 Å². The number of carbonyl (C=O) groups is 2. The number of hydrogen-bond donors (Lipinski definition) is 0. The van der Waals surface area contributed by atoms with Crippen LogP contribution in [-0.2, 0) is 9.59 Å². The normalized spacial score (nSPS) is 21.4. The third-order valence-corrected chi connectivity index (χ3v) is 7.30. The highest BCUT2D eigenvalue weighted by Crippen LogP contribution is 2.44. The molecule has 0 spiro atoms. The molecule has 0 amide bonds. The van der Waals surface area contributed by atoms with Gasteiger partial charge in [0, 0.05) is 18.7 Å². The van der Waals surface area contributed by atoms with E-state index in [0.717, 1.165) is 37.6 Å². The van der Waals surface area contributed by atoms with Crippen molar-refractivity contribution in [2.45, 2.75) is 58.3 Å². The fourth-order valence-electron chi connectivity index (χ4n) is 5.39. The van der Waals surface area contributed by atoms with Gasteiger partial charge in [0.15, 0.2) is 17.1 Å². The van der Waals surface area contributed by atoms with Crippen molar-refractivity contribution in [3.63, 3.8) is 0 Å². The Labute approximate surface area is 199 Å². The lowest BCUT2D eigenvalue weighted by Gasteiger charge is -2.35. The van der Waals surface area contributed by atoms with Crippen LogP contribution in [0.15, 0.2) is 22.7 Å². The summed E-state index contributed by atoms with van der Waals surface area (Å²) in [6, 6.07) is 1.70. The number of rotatable bonds is 6. The summed E-state index contributed by atoms with van der Waals surface area (Å²) < 4.78 is 22.2. The van der Waals surface area contributed by atoms with E-state index < -0.39 is 11.9 Å². The summed E-state index contributed by atoms with van der Waals surface area (Å²) in [6.45, 7) is 5.82. The zero-order valence-electron chi connectivity index (χ0n) is 19.7. The standard InChI is InChI=1S/C26H32N2O6/c1-17-15-20-23(25-24(17)32-21(29)7-8-22(30)33-25)26(27-34-20)31-14-11-18-9-12-28(13-10-18)16-19-5-3-2-4-6-19/h7-8,15,18-19H,2-6,9-14,16H2,1H3/b8-7+. The first-order valence-corrected chi connectivity index (χ1v) is 12.5. The quantitative estimate of drug-likeness (QED) is 0.450. The number of likely N-dealkylation sites (tertiary alicyclic amines) is 1. The number of benzene rings is 1. The van der Waals surface area contributed by atoms with E-state index in [4.69, 9.17) is 18.7 Å². The molecule has 0 N–H and O–H groups in total. The minimum atomic E-state index is -0.670. The first-order valence-electron chi connectivity index (χ1n) is 12.5. The zero-order valence-corrected chi connectivity index (χ0v) is 19.7. The molecule has 0 bridgehead atoms. The van der Waals surface area contributed by atoms with Gasteiger partial charge >= 0.3 is 11.9 Å². The summed E-state index contributed by atoms with van der Waals surface area (Å²) in [5.74, 6) is 0.715. The molecule has 1 aromatic heterocycles. The van der Waals surface area contributed by atoms with Gasteiger partial charge in [0.05, 0.1) is 6.61 Å². The van der Waals surface area contributed by atoms with E-state index in [1.165, 1.54) is 51.5 Å². The highest BCUT2D eigenvalue weighted by Gasteiger charge is 2.27. The summed E-state index contributed by atoms with van der Waals surface area (Å²) in [6.07, 6.45) is 12.4. The van der Waals surface area contributed by atoms with Crippen LogP contribution in [0, 0.1) is 18.8 Å². The van der Waals surface area contributed by atoms with Gasteiger partial charge in [-0.25, -0.2) is 9.59 Å². The minimum Gasteiger partial charge on any atom is -0.475 e. The van der Waals surface area contributed by atoms with E-state index in [1.54, 1.807) is 13.0 Å². The number of hydrogen-bond acceptors (Lipinski definition) is 8. The molecule has 2 aromatic rings. The predicted octanol–water partition coefficient (Wildman–Crippen LogP) is 4.58. The molecule has 0 atom stereocenters. The van der Waals surface area contributed by atoms with Crippen molar-refractivity contribution in [3.8, 4) is 17.4 Å². The van der Waals surface area contributed by atoms with Crippen LogP contribution in [0.1, 0.15) is 56.9 Å². The Morgan fingerprint density at radius 2 is 1.68 bits per heavy atom. The number of esters is 2. The molecule has 1 aliphatic carbocycles. The van der Waals surface area contributed by atoms with Crippen LogP contribution in [-0.4, -0.2) is 48.2 Å². The maximum absolute atomic E-state index is 12.1. The molecule has 1 aromatic carbocycles. The Morgan fingerprint density at radius 3 is 2.41 bits per heavy atom. The Hall–Kier alpha value is -2.87. The molecule has 0 radical (unpaired) electrons. The Morgan fingerprint density at radius 1 is 0.971 bits per heavy atom. The third kappa shape index (κ3) is 5.12. The van der Waals surface area contributed by atoms with Crippen molar-refractivity contribution >= 4 is 22.9 Å². The van der Waals surface area contributed by atoms with Gasteiger partial charge in [-0.1, -0.05) is 19.3 Å². The van der Waals surface area contributed by atoms with E-state index in [-0.39, 0.29) is 17.4 Å². The van der Waals surface area contributed by atoms with Crippen molar-refractivity contribution in [3.05, 3.63) is 23.8 Å². The van der Waals surface area contributed by atoms with E-state index in [9.17, 15) is 9.59 Å². The summed E-state index contributed by atoms with van der Waals surface area (Å²) in [4.78, 5) is 26.7. The van der Waals surface area contributed by atoms with Crippen LogP contribution in [0.4, 0.5) is 0 Å². The molecule has 34 heavy (non-hydrogen) atoms. The monoisotopic (exact) mass is 468 g/mol. The lowest BCUT2D eigenvalue weighted by molar-refractivity contribution is -0.133. The Kier molecular flexibility index (Phi) is 6.85. The van der Waals surface area contributed by atoms with Gasteiger partial charge in [0.25, 0.3) is 5.88 Å². The predicted molar refractivity (Wildman–Crippen MR) is 125 cm³/mol. The molecular weight excluding hydrogens is 436 g/mol. The average Bonchev–Trinajstić information content (AvgIpc) is 3.23. The van der Waals surface area contributed by atoms with Crippen LogP contribution in [0.3, 0.4) is 0 Å². The molecule has 182 valence electrons. The van der Waals surface area contributed by atoms with Gasteiger partial charge in [-0.15, -0.1) is 0 Å². The van der Waals surface area contributed by atoms with E-state index in [1.807, 2.05) is 0 Å². The van der Waals surface area contributed by atoms with E-state index in [0.29, 0.717) is 29.1 Å². The first-order chi connectivity index (χ1) is 16.6. The molecule has 1 saturated heterocycles. The fourth-order valence-corrected chi connectivity index (χ4v) is 5.39. The van der Waals surface area contributed by atoms with Crippen LogP contribution < -0.4 is 14.2 Å². The van der Waals surface area contributed by atoms with Crippen LogP contribution >= 0.6 is 0 Å². The molecule has 3 heterocycles. The summed E-state index contributed by atoms with van der Waals surface area (Å²) in [5.41, 5.74) is 1.01. The second-order valence-electron chi connectivity index (χ2n) is 9.77. The minimum absolute atomic E-state index is 0.102. The van der Waals surface area contributed by atoms with Crippen molar-refractivity contribution in [2.24, 2.45) is 11.8 Å². The molecule has 3 aliphatic rings. The van der Waals surface area contributed by atoms with Crippen molar-refractivity contribution in [1.29, 1.82) is 0 Å². The van der Waals surface area contributed by atoms with Gasteiger partial charge in [-0.05, 0) is 80.7 Å². The lowest BCUT2D eigenvalue weighted by Crippen LogP contribution is -2.37. The third-order valence-electron chi connectivity index (χ3n) is 7.30. The van der Waals surface area contributed by atoms with Crippen LogP contribution in [0.25, 0.3) is 11.0 Å². The number of nitrogens with zero attached hydrogens (tertiary/aromatic N) is 2. The second-order valence-corrected chi connectivity index (χ2v) is 9.77. The molecule has 8 nitrogen and oxygen atoms in total. The number of aromatic nitrogens is 1.